The molecule has 1 aromatic carbocycles. The van der Waals surface area contributed by atoms with Crippen molar-refractivity contribution in [3.8, 4) is 11.3 Å². The zero-order chi connectivity index (χ0) is 13.4. The van der Waals surface area contributed by atoms with Gasteiger partial charge in [-0.05, 0) is 36.4 Å². The van der Waals surface area contributed by atoms with E-state index in [0.29, 0.717) is 5.56 Å². The molecular weight excluding hydrogens is 243 g/mol. The van der Waals surface area contributed by atoms with Crippen LogP contribution in [0, 0.1) is 11.2 Å². The molecule has 0 aliphatic heterocycles. The molecule has 0 radical (unpaired) electrons. The summed E-state index contributed by atoms with van der Waals surface area (Å²) in [5.74, 6) is -0.259. The van der Waals surface area contributed by atoms with Gasteiger partial charge in [-0.1, -0.05) is 0 Å². The summed E-state index contributed by atoms with van der Waals surface area (Å²) in [4.78, 5) is 4.44. The molecule has 19 heavy (non-hydrogen) atoms. The lowest BCUT2D eigenvalue weighted by Crippen LogP contribution is -2.11. The molecule has 94 valence electrons. The summed E-state index contributed by atoms with van der Waals surface area (Å²) in [6.07, 6.45) is 3.58. The topological polar surface area (TPSA) is 67.2 Å². The highest BCUT2D eigenvalue weighted by atomic mass is 19.1. The average molecular weight is 254 g/mol. The normalized spacial score (nSPS) is 10.8. The van der Waals surface area contributed by atoms with Gasteiger partial charge >= 0.3 is 0 Å². The van der Waals surface area contributed by atoms with Gasteiger partial charge in [-0.2, -0.15) is 0 Å². The SMILES string of the molecule is N=C(N)c1ccc2nc(-c3ccc(F)cc3)cn2c1. The third-order valence-electron chi connectivity index (χ3n) is 2.90. The maximum Gasteiger partial charge on any atom is 0.137 e. The molecule has 0 fully saturated rings. The monoisotopic (exact) mass is 254 g/mol. The van der Waals surface area contributed by atoms with Crippen LogP contribution in [-0.2, 0) is 0 Å². The minimum atomic E-state index is -0.272. The lowest BCUT2D eigenvalue weighted by molar-refractivity contribution is 0.628. The van der Waals surface area contributed by atoms with Crippen molar-refractivity contribution in [2.45, 2.75) is 0 Å². The highest BCUT2D eigenvalue weighted by molar-refractivity contribution is 5.94. The number of rotatable bonds is 2. The van der Waals surface area contributed by atoms with E-state index in [0.717, 1.165) is 16.9 Å². The van der Waals surface area contributed by atoms with E-state index in [2.05, 4.69) is 4.98 Å². The lowest BCUT2D eigenvalue weighted by Gasteiger charge is -1.98. The van der Waals surface area contributed by atoms with Crippen molar-refractivity contribution in [3.05, 3.63) is 60.2 Å². The molecule has 0 unspecified atom stereocenters. The molecule has 0 saturated carbocycles. The van der Waals surface area contributed by atoms with Gasteiger partial charge in [-0.15, -0.1) is 0 Å². The highest BCUT2D eigenvalue weighted by Gasteiger charge is 2.06. The number of imidazole rings is 1. The molecule has 4 nitrogen and oxygen atoms in total. The quantitative estimate of drug-likeness (QED) is 0.544. The van der Waals surface area contributed by atoms with Crippen molar-refractivity contribution in [3.63, 3.8) is 0 Å². The van der Waals surface area contributed by atoms with Crippen LogP contribution in [0.2, 0.25) is 0 Å². The Hall–Kier alpha value is -2.69. The first-order valence-corrected chi connectivity index (χ1v) is 5.72. The smallest absolute Gasteiger partial charge is 0.137 e. The Morgan fingerprint density at radius 2 is 1.84 bits per heavy atom. The number of aromatic nitrogens is 2. The zero-order valence-corrected chi connectivity index (χ0v) is 9.97. The Balaban J connectivity index is 2.11. The largest absolute Gasteiger partial charge is 0.384 e. The van der Waals surface area contributed by atoms with E-state index in [4.69, 9.17) is 11.1 Å². The average Bonchev–Trinajstić information content (AvgIpc) is 2.82. The molecule has 2 aromatic heterocycles. The van der Waals surface area contributed by atoms with Crippen LogP contribution >= 0.6 is 0 Å². The van der Waals surface area contributed by atoms with Crippen LogP contribution in [0.5, 0.6) is 0 Å². The van der Waals surface area contributed by atoms with Crippen molar-refractivity contribution in [2.24, 2.45) is 5.73 Å². The van der Waals surface area contributed by atoms with Gasteiger partial charge in [0.2, 0.25) is 0 Å². The van der Waals surface area contributed by atoms with Crippen LogP contribution in [0.3, 0.4) is 0 Å². The molecule has 0 spiro atoms. The first-order valence-electron chi connectivity index (χ1n) is 5.72. The predicted octanol–water partition coefficient (Wildman–Crippen LogP) is 2.42. The van der Waals surface area contributed by atoms with Gasteiger partial charge in [0.15, 0.2) is 0 Å². The molecule has 0 aliphatic rings. The summed E-state index contributed by atoms with van der Waals surface area (Å²) in [5, 5.41) is 7.41. The number of nitrogens with two attached hydrogens (primary N) is 1. The second-order valence-corrected chi connectivity index (χ2v) is 4.23. The number of nitrogen functional groups attached to an aromatic ring is 1. The number of amidine groups is 1. The van der Waals surface area contributed by atoms with Crippen LogP contribution < -0.4 is 5.73 Å². The van der Waals surface area contributed by atoms with E-state index in [-0.39, 0.29) is 11.7 Å². The maximum absolute atomic E-state index is 12.9. The van der Waals surface area contributed by atoms with Crippen molar-refractivity contribution >= 4 is 11.5 Å². The second kappa shape index (κ2) is 4.20. The number of nitrogens with one attached hydrogen (secondary N) is 1. The van der Waals surface area contributed by atoms with Gasteiger partial charge in [0, 0.05) is 23.5 Å². The fourth-order valence-corrected chi connectivity index (χ4v) is 1.91. The van der Waals surface area contributed by atoms with Gasteiger partial charge in [-0.25, -0.2) is 9.37 Å². The van der Waals surface area contributed by atoms with E-state index in [9.17, 15) is 4.39 Å². The minimum absolute atomic E-state index is 0.0129. The van der Waals surface area contributed by atoms with Crippen molar-refractivity contribution in [1.29, 1.82) is 5.41 Å². The summed E-state index contributed by atoms with van der Waals surface area (Å²) < 4.78 is 14.7. The number of pyridine rings is 1. The Labute approximate surface area is 108 Å². The molecule has 3 aromatic rings. The molecule has 0 bridgehead atoms. The Kier molecular flexibility index (Phi) is 2.52. The van der Waals surface area contributed by atoms with E-state index >= 15 is 0 Å². The fourth-order valence-electron chi connectivity index (χ4n) is 1.91. The lowest BCUT2D eigenvalue weighted by atomic mass is 10.2. The van der Waals surface area contributed by atoms with Crippen LogP contribution in [0.15, 0.2) is 48.8 Å². The first kappa shape index (κ1) is 11.4. The Morgan fingerprint density at radius 1 is 1.11 bits per heavy atom. The fraction of sp³-hybridized carbons (Fsp3) is 0. The minimum Gasteiger partial charge on any atom is -0.384 e. The third kappa shape index (κ3) is 2.06. The summed E-state index contributed by atoms with van der Waals surface area (Å²) in [6.45, 7) is 0. The van der Waals surface area contributed by atoms with Crippen molar-refractivity contribution < 1.29 is 4.39 Å². The number of halogens is 1. The molecule has 3 rings (SSSR count). The number of nitrogens with zero attached hydrogens (tertiary/aromatic N) is 2. The van der Waals surface area contributed by atoms with Crippen LogP contribution in [-0.4, -0.2) is 15.2 Å². The summed E-state index contributed by atoms with van der Waals surface area (Å²) in [6, 6.07) is 9.72. The molecule has 2 heterocycles. The number of fused-ring (bicyclic) bond motifs is 1. The van der Waals surface area contributed by atoms with Crippen LogP contribution in [0.25, 0.3) is 16.9 Å². The summed E-state index contributed by atoms with van der Waals surface area (Å²) in [7, 11) is 0. The van der Waals surface area contributed by atoms with E-state index in [1.165, 1.54) is 12.1 Å². The summed E-state index contributed by atoms with van der Waals surface area (Å²) in [5.41, 5.74) is 8.43. The predicted molar refractivity (Wildman–Crippen MR) is 71.6 cm³/mol. The van der Waals surface area contributed by atoms with Gasteiger partial charge in [0.25, 0.3) is 0 Å². The zero-order valence-electron chi connectivity index (χ0n) is 9.97. The molecular formula is C14H11FN4. The molecule has 0 amide bonds. The maximum atomic E-state index is 12.9. The van der Waals surface area contributed by atoms with E-state index in [1.807, 2.05) is 6.20 Å². The number of hydrogen-bond donors (Lipinski definition) is 2. The highest BCUT2D eigenvalue weighted by Crippen LogP contribution is 2.19. The third-order valence-corrected chi connectivity index (χ3v) is 2.90. The summed E-state index contributed by atoms with van der Waals surface area (Å²) >= 11 is 0. The second-order valence-electron chi connectivity index (χ2n) is 4.23. The van der Waals surface area contributed by atoms with Gasteiger partial charge in [-0.3, -0.25) is 5.41 Å². The Morgan fingerprint density at radius 3 is 2.53 bits per heavy atom. The van der Waals surface area contributed by atoms with Crippen molar-refractivity contribution in [2.75, 3.05) is 0 Å². The number of benzene rings is 1. The van der Waals surface area contributed by atoms with Gasteiger partial charge < -0.3 is 10.1 Å². The molecule has 0 aliphatic carbocycles. The van der Waals surface area contributed by atoms with E-state index < -0.39 is 0 Å². The van der Waals surface area contributed by atoms with Crippen LogP contribution in [0.4, 0.5) is 4.39 Å². The van der Waals surface area contributed by atoms with Crippen LogP contribution in [0.1, 0.15) is 5.56 Å². The molecule has 5 heteroatoms. The molecule has 0 saturated heterocycles. The molecule has 0 atom stereocenters. The standard InChI is InChI=1S/C14H11FN4/c15-11-4-1-9(2-5-11)12-8-19-7-10(14(16)17)3-6-13(19)18-12/h1-8H,(H3,16,17). The molecule has 3 N–H and O–H groups in total. The van der Waals surface area contributed by atoms with Gasteiger partial charge in [0.05, 0.1) is 5.69 Å². The van der Waals surface area contributed by atoms with E-state index in [1.54, 1.807) is 34.9 Å². The Bertz CT molecular complexity index is 759. The van der Waals surface area contributed by atoms with Crippen molar-refractivity contribution in [1.82, 2.24) is 9.38 Å². The first-order chi connectivity index (χ1) is 9.13. The number of hydrogen-bond acceptors (Lipinski definition) is 2. The van der Waals surface area contributed by atoms with Gasteiger partial charge in [0.1, 0.15) is 17.3 Å².